The molecule has 2 aromatic carbocycles. The maximum atomic E-state index is 13.3. The second kappa shape index (κ2) is 7.24. The first-order valence-corrected chi connectivity index (χ1v) is 8.65. The van der Waals surface area contributed by atoms with Crippen molar-refractivity contribution in [2.24, 2.45) is 4.99 Å². The van der Waals surface area contributed by atoms with E-state index in [0.717, 1.165) is 23.4 Å². The van der Waals surface area contributed by atoms with Crippen LogP contribution >= 0.6 is 11.6 Å². The van der Waals surface area contributed by atoms with Gasteiger partial charge in [-0.1, -0.05) is 36.7 Å². The average molecular weight is 355 g/mol. The molecule has 4 heteroatoms. The summed E-state index contributed by atoms with van der Waals surface area (Å²) in [6.45, 7) is 6.33. The van der Waals surface area contributed by atoms with Gasteiger partial charge < -0.3 is 4.57 Å². The van der Waals surface area contributed by atoms with Crippen molar-refractivity contribution < 1.29 is 4.39 Å². The van der Waals surface area contributed by atoms with Gasteiger partial charge in [0.1, 0.15) is 5.82 Å². The fourth-order valence-corrected chi connectivity index (χ4v) is 3.20. The number of aliphatic imine (C=N–C) groups is 1. The van der Waals surface area contributed by atoms with E-state index >= 15 is 0 Å². The Hall–Kier alpha value is -2.39. The smallest absolute Gasteiger partial charge is 0.141 e. The maximum Gasteiger partial charge on any atom is 0.141 e. The van der Waals surface area contributed by atoms with Gasteiger partial charge in [-0.15, -0.1) is 0 Å². The predicted octanol–water partition coefficient (Wildman–Crippen LogP) is 6.20. The molecule has 0 bridgehead atoms. The number of halogens is 2. The zero-order valence-electron chi connectivity index (χ0n) is 14.6. The van der Waals surface area contributed by atoms with E-state index in [1.165, 1.54) is 23.4 Å². The summed E-state index contributed by atoms with van der Waals surface area (Å²) in [5.41, 5.74) is 6.43. The number of hydrogen-bond donors (Lipinski definition) is 0. The SMILES string of the molecule is CCc1ccccc1-n1c(C)cc(C=Nc2ccc(F)c(Cl)c2)c1C. The molecule has 0 saturated carbocycles. The Kier molecular flexibility index (Phi) is 5.05. The van der Waals surface area contributed by atoms with E-state index in [1.807, 2.05) is 0 Å². The minimum absolute atomic E-state index is 0.0806. The molecule has 0 N–H and O–H groups in total. The van der Waals surface area contributed by atoms with Crippen LogP contribution in [0, 0.1) is 19.7 Å². The molecule has 128 valence electrons. The molecular weight excluding hydrogens is 335 g/mol. The third kappa shape index (κ3) is 3.52. The number of rotatable bonds is 4. The third-order valence-electron chi connectivity index (χ3n) is 4.34. The van der Waals surface area contributed by atoms with Crippen molar-refractivity contribution in [1.29, 1.82) is 0 Å². The first-order valence-electron chi connectivity index (χ1n) is 8.27. The van der Waals surface area contributed by atoms with Crippen molar-refractivity contribution in [3.8, 4) is 5.69 Å². The highest BCUT2D eigenvalue weighted by molar-refractivity contribution is 6.31. The van der Waals surface area contributed by atoms with Crippen molar-refractivity contribution in [2.75, 3.05) is 0 Å². The van der Waals surface area contributed by atoms with Gasteiger partial charge in [0.05, 0.1) is 10.7 Å². The molecule has 0 aliphatic rings. The van der Waals surface area contributed by atoms with Gasteiger partial charge in [0, 0.05) is 28.9 Å². The van der Waals surface area contributed by atoms with Crippen LogP contribution in [0.15, 0.2) is 53.5 Å². The molecule has 0 fully saturated rings. The molecule has 0 radical (unpaired) electrons. The molecule has 0 aliphatic carbocycles. The Balaban J connectivity index is 1.99. The molecule has 1 aromatic heterocycles. The summed E-state index contributed by atoms with van der Waals surface area (Å²) in [6.07, 6.45) is 2.78. The van der Waals surface area contributed by atoms with Crippen LogP contribution in [-0.2, 0) is 6.42 Å². The lowest BCUT2D eigenvalue weighted by Crippen LogP contribution is -2.03. The molecule has 0 unspecified atom stereocenters. The number of benzene rings is 2. The molecule has 2 nitrogen and oxygen atoms in total. The van der Waals surface area contributed by atoms with E-state index in [9.17, 15) is 4.39 Å². The first-order chi connectivity index (χ1) is 12.0. The van der Waals surface area contributed by atoms with Gasteiger partial charge in [-0.05, 0) is 56.2 Å². The molecule has 3 aromatic rings. The van der Waals surface area contributed by atoms with Crippen molar-refractivity contribution >= 4 is 23.5 Å². The molecular formula is C21H20ClFN2. The Morgan fingerprint density at radius 3 is 2.60 bits per heavy atom. The molecule has 0 aliphatic heterocycles. The van der Waals surface area contributed by atoms with Crippen molar-refractivity contribution in [3.05, 3.63) is 81.9 Å². The van der Waals surface area contributed by atoms with E-state index in [-0.39, 0.29) is 5.02 Å². The van der Waals surface area contributed by atoms with Gasteiger partial charge >= 0.3 is 0 Å². The highest BCUT2D eigenvalue weighted by Gasteiger charge is 2.11. The molecule has 0 amide bonds. The lowest BCUT2D eigenvalue weighted by Gasteiger charge is -2.13. The third-order valence-corrected chi connectivity index (χ3v) is 4.63. The van der Waals surface area contributed by atoms with Crippen LogP contribution in [0.4, 0.5) is 10.1 Å². The molecule has 3 rings (SSSR count). The van der Waals surface area contributed by atoms with E-state index < -0.39 is 5.82 Å². The second-order valence-electron chi connectivity index (χ2n) is 6.00. The summed E-state index contributed by atoms with van der Waals surface area (Å²) in [5.74, 6) is -0.435. The number of para-hydroxylation sites is 1. The highest BCUT2D eigenvalue weighted by atomic mass is 35.5. The van der Waals surface area contributed by atoms with Gasteiger partial charge in [0.25, 0.3) is 0 Å². The lowest BCUT2D eigenvalue weighted by molar-refractivity contribution is 0.628. The van der Waals surface area contributed by atoms with Crippen LogP contribution in [0.3, 0.4) is 0 Å². The summed E-state index contributed by atoms with van der Waals surface area (Å²) < 4.78 is 15.5. The average Bonchev–Trinajstić information content (AvgIpc) is 2.89. The predicted molar refractivity (Wildman–Crippen MR) is 103 cm³/mol. The number of nitrogens with zero attached hydrogens (tertiary/aromatic N) is 2. The van der Waals surface area contributed by atoms with Crippen LogP contribution in [0.25, 0.3) is 5.69 Å². The van der Waals surface area contributed by atoms with Gasteiger partial charge in [-0.25, -0.2) is 4.39 Å². The quantitative estimate of drug-likeness (QED) is 0.496. The van der Waals surface area contributed by atoms with Gasteiger partial charge in [0.15, 0.2) is 0 Å². The van der Waals surface area contributed by atoms with Crippen LogP contribution in [0.2, 0.25) is 5.02 Å². The Morgan fingerprint density at radius 2 is 1.88 bits per heavy atom. The zero-order valence-corrected chi connectivity index (χ0v) is 15.3. The van der Waals surface area contributed by atoms with E-state index in [2.05, 4.69) is 60.7 Å². The van der Waals surface area contributed by atoms with Crippen molar-refractivity contribution in [1.82, 2.24) is 4.57 Å². The second-order valence-corrected chi connectivity index (χ2v) is 6.41. The van der Waals surface area contributed by atoms with E-state index in [4.69, 9.17) is 11.6 Å². The largest absolute Gasteiger partial charge is 0.318 e. The first kappa shape index (κ1) is 17.4. The standard InChI is InChI=1S/C21H20ClFN2/c1-4-16-7-5-6-8-21(16)25-14(2)11-17(15(25)3)13-24-18-9-10-20(23)19(22)12-18/h5-13H,4H2,1-3H3. The minimum Gasteiger partial charge on any atom is -0.318 e. The van der Waals surface area contributed by atoms with Crippen LogP contribution in [0.5, 0.6) is 0 Å². The zero-order chi connectivity index (χ0) is 18.0. The molecule has 1 heterocycles. The maximum absolute atomic E-state index is 13.3. The lowest BCUT2D eigenvalue weighted by atomic mass is 10.1. The monoisotopic (exact) mass is 354 g/mol. The van der Waals surface area contributed by atoms with Crippen LogP contribution in [-0.4, -0.2) is 10.8 Å². The molecule has 25 heavy (non-hydrogen) atoms. The molecule has 0 saturated heterocycles. The van der Waals surface area contributed by atoms with Crippen molar-refractivity contribution in [3.63, 3.8) is 0 Å². The van der Waals surface area contributed by atoms with Crippen LogP contribution in [0.1, 0.15) is 29.4 Å². The highest BCUT2D eigenvalue weighted by Crippen LogP contribution is 2.25. The van der Waals surface area contributed by atoms with Gasteiger partial charge in [0.2, 0.25) is 0 Å². The van der Waals surface area contributed by atoms with Gasteiger partial charge in [-0.2, -0.15) is 0 Å². The Bertz CT molecular complexity index is 941. The summed E-state index contributed by atoms with van der Waals surface area (Å²) >= 11 is 5.82. The normalized spacial score (nSPS) is 11.4. The van der Waals surface area contributed by atoms with Crippen molar-refractivity contribution in [2.45, 2.75) is 27.2 Å². The fraction of sp³-hybridized carbons (Fsp3) is 0.190. The molecule has 0 atom stereocenters. The Labute approximate surface area is 152 Å². The summed E-state index contributed by atoms with van der Waals surface area (Å²) in [6, 6.07) is 15.0. The van der Waals surface area contributed by atoms with Crippen LogP contribution < -0.4 is 0 Å². The Morgan fingerprint density at radius 1 is 1.12 bits per heavy atom. The van der Waals surface area contributed by atoms with E-state index in [0.29, 0.717) is 5.69 Å². The summed E-state index contributed by atoms with van der Waals surface area (Å²) in [5, 5.41) is 0.0806. The summed E-state index contributed by atoms with van der Waals surface area (Å²) in [7, 11) is 0. The molecule has 0 spiro atoms. The van der Waals surface area contributed by atoms with E-state index in [1.54, 1.807) is 12.3 Å². The number of hydrogen-bond acceptors (Lipinski definition) is 1. The minimum atomic E-state index is -0.435. The van der Waals surface area contributed by atoms with Gasteiger partial charge in [-0.3, -0.25) is 4.99 Å². The summed E-state index contributed by atoms with van der Waals surface area (Å²) in [4.78, 5) is 4.44. The fourth-order valence-electron chi connectivity index (χ4n) is 3.03. The number of aryl methyl sites for hydroxylation is 2. The number of aromatic nitrogens is 1. The topological polar surface area (TPSA) is 17.3 Å².